The first-order valence-electron chi connectivity index (χ1n) is 11.8. The zero-order valence-electron chi connectivity index (χ0n) is 19.4. The molecule has 0 aliphatic carbocycles. The second-order valence-corrected chi connectivity index (χ2v) is 9.42. The molecular weight excluding hydrogens is 437 g/mol. The van der Waals surface area contributed by atoms with Crippen LogP contribution in [0.5, 0.6) is 0 Å². The molecule has 178 valence electrons. The van der Waals surface area contributed by atoms with Crippen LogP contribution in [0.1, 0.15) is 31.7 Å². The summed E-state index contributed by atoms with van der Waals surface area (Å²) in [6.45, 7) is 7.06. The number of benzene rings is 2. The lowest BCUT2D eigenvalue weighted by Crippen LogP contribution is -2.51. The summed E-state index contributed by atoms with van der Waals surface area (Å²) in [5.74, 6) is 0.516. The fourth-order valence-corrected chi connectivity index (χ4v) is 4.65. The van der Waals surface area contributed by atoms with Gasteiger partial charge < -0.3 is 9.80 Å². The minimum Gasteiger partial charge on any atom is -0.339 e. The first-order chi connectivity index (χ1) is 16.0. The number of unbranched alkanes of at least 4 members (excludes halogenated alkanes) is 1. The Hall–Kier alpha value is -2.38. The van der Waals surface area contributed by atoms with Gasteiger partial charge in [-0.3, -0.25) is 14.5 Å². The molecule has 3 rings (SSSR count). The third kappa shape index (κ3) is 8.48. The summed E-state index contributed by atoms with van der Waals surface area (Å²) < 4.78 is 13.2. The molecule has 0 atom stereocenters. The predicted molar refractivity (Wildman–Crippen MR) is 132 cm³/mol. The van der Waals surface area contributed by atoms with Gasteiger partial charge in [-0.05, 0) is 36.2 Å². The molecule has 0 saturated carbocycles. The van der Waals surface area contributed by atoms with Crippen LogP contribution in [-0.4, -0.2) is 71.5 Å². The smallest absolute Gasteiger partial charge is 0.233 e. The van der Waals surface area contributed by atoms with Crippen LogP contribution in [0.25, 0.3) is 0 Å². The van der Waals surface area contributed by atoms with E-state index in [4.69, 9.17) is 0 Å². The molecule has 1 saturated heterocycles. The summed E-state index contributed by atoms with van der Waals surface area (Å²) in [5, 5.41) is 0. The van der Waals surface area contributed by atoms with E-state index >= 15 is 0 Å². The van der Waals surface area contributed by atoms with Gasteiger partial charge >= 0.3 is 0 Å². The minimum atomic E-state index is -0.266. The predicted octanol–water partition coefficient (Wildman–Crippen LogP) is 4.28. The van der Waals surface area contributed by atoms with E-state index in [1.165, 1.54) is 12.1 Å². The quantitative estimate of drug-likeness (QED) is 0.459. The van der Waals surface area contributed by atoms with Crippen molar-refractivity contribution in [1.29, 1.82) is 0 Å². The fraction of sp³-hybridized carbons (Fsp3) is 0.462. The number of nitrogens with zero attached hydrogens (tertiary/aromatic N) is 3. The second kappa shape index (κ2) is 13.4. The average Bonchev–Trinajstić information content (AvgIpc) is 2.85. The van der Waals surface area contributed by atoms with Crippen LogP contribution in [0.4, 0.5) is 4.39 Å². The molecule has 7 heteroatoms. The number of carbonyl (C=O) groups excluding carboxylic acids is 2. The van der Waals surface area contributed by atoms with E-state index in [2.05, 4.69) is 11.8 Å². The van der Waals surface area contributed by atoms with Crippen molar-refractivity contribution in [3.63, 3.8) is 0 Å². The maximum atomic E-state index is 13.2. The lowest BCUT2D eigenvalue weighted by molar-refractivity contribution is -0.132. The van der Waals surface area contributed by atoms with Gasteiger partial charge in [0, 0.05) is 57.1 Å². The van der Waals surface area contributed by atoms with Crippen molar-refractivity contribution in [2.75, 3.05) is 45.0 Å². The highest BCUT2D eigenvalue weighted by Crippen LogP contribution is 2.18. The zero-order chi connectivity index (χ0) is 23.5. The molecule has 2 aromatic carbocycles. The Bertz CT molecular complexity index is 871. The molecule has 2 aromatic rings. The van der Waals surface area contributed by atoms with Crippen molar-refractivity contribution in [2.45, 2.75) is 37.6 Å². The molecule has 0 radical (unpaired) electrons. The van der Waals surface area contributed by atoms with Crippen LogP contribution in [0.15, 0.2) is 59.5 Å². The van der Waals surface area contributed by atoms with E-state index in [-0.39, 0.29) is 17.6 Å². The van der Waals surface area contributed by atoms with Crippen molar-refractivity contribution in [1.82, 2.24) is 14.7 Å². The average molecular weight is 472 g/mol. The number of amides is 2. The van der Waals surface area contributed by atoms with Crippen LogP contribution in [0.3, 0.4) is 0 Å². The first-order valence-corrected chi connectivity index (χ1v) is 12.7. The highest BCUT2D eigenvalue weighted by atomic mass is 32.2. The van der Waals surface area contributed by atoms with Crippen LogP contribution < -0.4 is 0 Å². The van der Waals surface area contributed by atoms with E-state index < -0.39 is 0 Å². The molecule has 1 heterocycles. The van der Waals surface area contributed by atoms with Crippen LogP contribution in [-0.2, 0) is 16.1 Å². The molecule has 1 aliphatic heterocycles. The molecule has 0 aromatic heterocycles. The molecule has 0 unspecified atom stereocenters. The van der Waals surface area contributed by atoms with Gasteiger partial charge in [0.15, 0.2) is 0 Å². The van der Waals surface area contributed by atoms with Crippen molar-refractivity contribution in [3.8, 4) is 0 Å². The zero-order valence-corrected chi connectivity index (χ0v) is 20.2. The number of hydrogen-bond acceptors (Lipinski definition) is 4. The Labute approximate surface area is 200 Å². The van der Waals surface area contributed by atoms with Crippen LogP contribution in [0.2, 0.25) is 0 Å². The Balaban J connectivity index is 1.45. The Kier molecular flexibility index (Phi) is 10.2. The number of hydrogen-bond donors (Lipinski definition) is 0. The van der Waals surface area contributed by atoms with Crippen LogP contribution >= 0.6 is 11.8 Å². The van der Waals surface area contributed by atoms with Gasteiger partial charge in [0.2, 0.25) is 11.8 Å². The summed E-state index contributed by atoms with van der Waals surface area (Å²) in [7, 11) is 0. The van der Waals surface area contributed by atoms with E-state index in [1.54, 1.807) is 23.9 Å². The lowest BCUT2D eigenvalue weighted by Gasteiger charge is -2.36. The Morgan fingerprint density at radius 3 is 2.36 bits per heavy atom. The Morgan fingerprint density at radius 1 is 1.00 bits per heavy atom. The summed E-state index contributed by atoms with van der Waals surface area (Å²) in [4.78, 5) is 32.6. The number of halogens is 1. The maximum absolute atomic E-state index is 13.2. The van der Waals surface area contributed by atoms with Gasteiger partial charge in [-0.15, -0.1) is 11.8 Å². The largest absolute Gasteiger partial charge is 0.339 e. The molecule has 33 heavy (non-hydrogen) atoms. The molecule has 2 amide bonds. The van der Waals surface area contributed by atoms with Crippen molar-refractivity contribution in [3.05, 3.63) is 66.0 Å². The molecule has 1 fully saturated rings. The minimum absolute atomic E-state index is 0.146. The van der Waals surface area contributed by atoms with E-state index in [1.807, 2.05) is 40.1 Å². The number of rotatable bonds is 11. The standard InChI is InChI=1S/C26H34FN3O2S/c1-2-3-9-25(31)30(20-22-10-12-23(27)13-11-22)19-16-28-14-17-29(18-15-28)26(32)21-33-24-7-5-4-6-8-24/h4-8,10-13H,2-3,9,14-21H2,1H3. The lowest BCUT2D eigenvalue weighted by atomic mass is 10.1. The first kappa shape index (κ1) is 25.2. The van der Waals surface area contributed by atoms with Gasteiger partial charge in [-0.1, -0.05) is 43.7 Å². The molecular formula is C26H34FN3O2S. The molecule has 0 bridgehead atoms. The molecule has 0 N–H and O–H groups in total. The van der Waals surface area contributed by atoms with Gasteiger partial charge in [0.05, 0.1) is 5.75 Å². The van der Waals surface area contributed by atoms with Crippen molar-refractivity contribution >= 4 is 23.6 Å². The third-order valence-corrected chi connectivity index (χ3v) is 6.90. The number of thioether (sulfide) groups is 1. The fourth-order valence-electron chi connectivity index (χ4n) is 3.82. The summed E-state index contributed by atoms with van der Waals surface area (Å²) >= 11 is 1.58. The second-order valence-electron chi connectivity index (χ2n) is 8.37. The van der Waals surface area contributed by atoms with Gasteiger partial charge in [-0.2, -0.15) is 0 Å². The third-order valence-electron chi connectivity index (χ3n) is 5.90. The molecule has 0 spiro atoms. The van der Waals surface area contributed by atoms with Gasteiger partial charge in [0.25, 0.3) is 0 Å². The summed E-state index contributed by atoms with van der Waals surface area (Å²) in [6, 6.07) is 16.4. The highest BCUT2D eigenvalue weighted by molar-refractivity contribution is 8.00. The van der Waals surface area contributed by atoms with Gasteiger partial charge in [-0.25, -0.2) is 4.39 Å². The molecule has 1 aliphatic rings. The molecule has 5 nitrogen and oxygen atoms in total. The summed E-state index contributed by atoms with van der Waals surface area (Å²) in [5.41, 5.74) is 0.938. The normalized spacial score (nSPS) is 14.3. The van der Waals surface area contributed by atoms with Crippen molar-refractivity contribution < 1.29 is 14.0 Å². The van der Waals surface area contributed by atoms with Gasteiger partial charge in [0.1, 0.15) is 5.82 Å². The Morgan fingerprint density at radius 2 is 1.70 bits per heavy atom. The van der Waals surface area contributed by atoms with E-state index in [9.17, 15) is 14.0 Å². The van der Waals surface area contributed by atoms with Crippen molar-refractivity contribution in [2.24, 2.45) is 0 Å². The number of carbonyl (C=O) groups is 2. The summed E-state index contributed by atoms with van der Waals surface area (Å²) in [6.07, 6.45) is 2.40. The van der Waals surface area contributed by atoms with E-state index in [0.717, 1.165) is 56.0 Å². The SMILES string of the molecule is CCCCC(=O)N(CCN1CCN(C(=O)CSc2ccccc2)CC1)Cc1ccc(F)cc1. The topological polar surface area (TPSA) is 43.9 Å². The van der Waals surface area contributed by atoms with Crippen LogP contribution in [0, 0.1) is 5.82 Å². The van der Waals surface area contributed by atoms with E-state index in [0.29, 0.717) is 25.3 Å². The number of piperazine rings is 1. The highest BCUT2D eigenvalue weighted by Gasteiger charge is 2.22. The monoisotopic (exact) mass is 471 g/mol. The maximum Gasteiger partial charge on any atom is 0.233 e.